The van der Waals surface area contributed by atoms with Crippen molar-refractivity contribution in [3.8, 4) is 0 Å². The molecule has 0 radical (unpaired) electrons. The van der Waals surface area contributed by atoms with Gasteiger partial charge in [-0.05, 0) is 48.8 Å². The molecule has 1 saturated carbocycles. The van der Waals surface area contributed by atoms with Crippen LogP contribution in [0.1, 0.15) is 55.6 Å². The lowest BCUT2D eigenvalue weighted by Crippen LogP contribution is -2.27. The van der Waals surface area contributed by atoms with Crippen molar-refractivity contribution < 1.29 is 0 Å². The van der Waals surface area contributed by atoms with E-state index in [4.69, 9.17) is 0 Å². The predicted molar refractivity (Wildman–Crippen MR) is 72.5 cm³/mol. The summed E-state index contributed by atoms with van der Waals surface area (Å²) in [6, 6.07) is 9.21. The quantitative estimate of drug-likeness (QED) is 0.817. The highest BCUT2D eigenvalue weighted by Gasteiger charge is 2.43. The highest BCUT2D eigenvalue weighted by molar-refractivity contribution is 5.43. The number of likely N-dealkylation sites (N-methyl/N-ethyl adjacent to an activating group) is 1. The predicted octanol–water partition coefficient (Wildman–Crippen LogP) is 3.60. The van der Waals surface area contributed by atoms with Crippen LogP contribution >= 0.6 is 0 Å². The molecule has 0 amide bonds. The molecule has 1 heteroatoms. The maximum absolute atomic E-state index is 3.37. The topological polar surface area (TPSA) is 12.0 Å². The van der Waals surface area contributed by atoms with E-state index in [-0.39, 0.29) is 0 Å². The molecule has 2 aliphatic carbocycles. The second-order valence-corrected chi connectivity index (χ2v) is 5.89. The van der Waals surface area contributed by atoms with Crippen molar-refractivity contribution in [2.45, 2.75) is 49.9 Å². The highest BCUT2D eigenvalue weighted by atomic mass is 14.8. The zero-order valence-electron chi connectivity index (χ0n) is 10.8. The lowest BCUT2D eigenvalue weighted by molar-refractivity contribution is 0.279. The summed E-state index contributed by atoms with van der Waals surface area (Å²) in [5.74, 6) is 0.745. The molecular weight excluding hydrogens is 206 g/mol. The molecule has 0 aliphatic heterocycles. The summed E-state index contributed by atoms with van der Waals surface area (Å²) in [7, 11) is 2.08. The van der Waals surface area contributed by atoms with Crippen LogP contribution in [-0.2, 0) is 5.41 Å². The molecule has 17 heavy (non-hydrogen) atoms. The fourth-order valence-electron chi connectivity index (χ4n) is 4.16. The van der Waals surface area contributed by atoms with Crippen LogP contribution in [0.15, 0.2) is 24.3 Å². The Morgan fingerprint density at radius 2 is 1.94 bits per heavy atom. The van der Waals surface area contributed by atoms with Crippen LogP contribution in [0.25, 0.3) is 0 Å². The first kappa shape index (κ1) is 11.3. The zero-order valence-corrected chi connectivity index (χ0v) is 10.8. The van der Waals surface area contributed by atoms with Crippen LogP contribution in [0.4, 0.5) is 0 Å². The Balaban J connectivity index is 1.98. The molecule has 2 aliphatic rings. The lowest BCUT2D eigenvalue weighted by Gasteiger charge is -2.35. The number of fused-ring (bicyclic) bond motifs is 2. The Morgan fingerprint density at radius 3 is 2.71 bits per heavy atom. The van der Waals surface area contributed by atoms with E-state index < -0.39 is 0 Å². The highest BCUT2D eigenvalue weighted by Crippen LogP contribution is 2.53. The maximum atomic E-state index is 3.37. The lowest BCUT2D eigenvalue weighted by atomic mass is 9.70. The summed E-state index contributed by atoms with van der Waals surface area (Å²) in [4.78, 5) is 0. The van der Waals surface area contributed by atoms with E-state index in [9.17, 15) is 0 Å². The molecule has 0 heterocycles. The number of nitrogens with one attached hydrogen (secondary N) is 1. The number of rotatable bonds is 2. The van der Waals surface area contributed by atoms with E-state index in [0.29, 0.717) is 5.41 Å². The van der Waals surface area contributed by atoms with Crippen molar-refractivity contribution >= 4 is 0 Å². The third-order valence-corrected chi connectivity index (χ3v) is 4.87. The van der Waals surface area contributed by atoms with Gasteiger partial charge in [0.25, 0.3) is 0 Å². The Labute approximate surface area is 105 Å². The molecule has 92 valence electrons. The van der Waals surface area contributed by atoms with Crippen LogP contribution < -0.4 is 5.32 Å². The molecule has 1 unspecified atom stereocenters. The molecule has 3 rings (SSSR count). The van der Waals surface area contributed by atoms with Gasteiger partial charge < -0.3 is 5.32 Å². The van der Waals surface area contributed by atoms with Gasteiger partial charge in [0.1, 0.15) is 0 Å². The Morgan fingerprint density at radius 1 is 1.18 bits per heavy atom. The standard InChI is InChI=1S/C16H23N/c1-17-12-13-11-16(9-5-2-6-10-16)15-8-4-3-7-14(13)15/h3-4,7-8,13,17H,2,5-6,9-12H2,1H3. The molecule has 1 aromatic carbocycles. The molecule has 1 aromatic rings. The van der Waals surface area contributed by atoms with Gasteiger partial charge in [-0.15, -0.1) is 0 Å². The van der Waals surface area contributed by atoms with Gasteiger partial charge in [-0.25, -0.2) is 0 Å². The van der Waals surface area contributed by atoms with Gasteiger partial charge in [0.05, 0.1) is 0 Å². The first-order valence-corrected chi connectivity index (χ1v) is 7.10. The molecule has 1 nitrogen and oxygen atoms in total. The summed E-state index contributed by atoms with van der Waals surface area (Å²) in [6.45, 7) is 1.14. The van der Waals surface area contributed by atoms with Gasteiger partial charge in [0.15, 0.2) is 0 Å². The van der Waals surface area contributed by atoms with Crippen molar-refractivity contribution in [2.24, 2.45) is 0 Å². The molecule has 0 bridgehead atoms. The van der Waals surface area contributed by atoms with Gasteiger partial charge >= 0.3 is 0 Å². The fraction of sp³-hybridized carbons (Fsp3) is 0.625. The second kappa shape index (κ2) is 4.45. The van der Waals surface area contributed by atoms with Crippen molar-refractivity contribution in [3.05, 3.63) is 35.4 Å². The molecular formula is C16H23N. The van der Waals surface area contributed by atoms with E-state index in [2.05, 4.69) is 36.6 Å². The number of hydrogen-bond donors (Lipinski definition) is 1. The van der Waals surface area contributed by atoms with Crippen LogP contribution in [0, 0.1) is 0 Å². The summed E-state index contributed by atoms with van der Waals surface area (Å²) in [5, 5.41) is 3.37. The summed E-state index contributed by atoms with van der Waals surface area (Å²) >= 11 is 0. The minimum Gasteiger partial charge on any atom is -0.319 e. The number of benzene rings is 1. The van der Waals surface area contributed by atoms with Crippen molar-refractivity contribution in [3.63, 3.8) is 0 Å². The van der Waals surface area contributed by atoms with Crippen LogP contribution in [0.3, 0.4) is 0 Å². The monoisotopic (exact) mass is 229 g/mol. The van der Waals surface area contributed by atoms with Crippen LogP contribution in [0.5, 0.6) is 0 Å². The average molecular weight is 229 g/mol. The van der Waals surface area contributed by atoms with E-state index in [1.165, 1.54) is 38.5 Å². The smallest absolute Gasteiger partial charge is 0.00175 e. The van der Waals surface area contributed by atoms with Gasteiger partial charge in [-0.3, -0.25) is 0 Å². The number of hydrogen-bond acceptors (Lipinski definition) is 1. The van der Waals surface area contributed by atoms with Crippen molar-refractivity contribution in [1.29, 1.82) is 0 Å². The summed E-state index contributed by atoms with van der Waals surface area (Å²) in [6.07, 6.45) is 8.53. The van der Waals surface area contributed by atoms with E-state index in [1.807, 2.05) is 0 Å². The normalized spacial score (nSPS) is 26.1. The summed E-state index contributed by atoms with van der Waals surface area (Å²) < 4.78 is 0. The third kappa shape index (κ3) is 1.81. The second-order valence-electron chi connectivity index (χ2n) is 5.89. The maximum Gasteiger partial charge on any atom is 0.00175 e. The van der Waals surface area contributed by atoms with E-state index in [0.717, 1.165) is 12.5 Å². The van der Waals surface area contributed by atoms with Crippen LogP contribution in [0.2, 0.25) is 0 Å². The minimum atomic E-state index is 0.538. The SMILES string of the molecule is CNCC1CC2(CCCCC2)c2ccccc21. The molecule has 1 fully saturated rings. The van der Waals surface area contributed by atoms with Gasteiger partial charge in [-0.1, -0.05) is 43.5 Å². The molecule has 1 N–H and O–H groups in total. The minimum absolute atomic E-state index is 0.538. The van der Waals surface area contributed by atoms with Crippen LogP contribution in [-0.4, -0.2) is 13.6 Å². The Hall–Kier alpha value is -0.820. The molecule has 0 saturated heterocycles. The van der Waals surface area contributed by atoms with Crippen molar-refractivity contribution in [1.82, 2.24) is 5.32 Å². The summed E-state index contributed by atoms with van der Waals surface area (Å²) in [5.41, 5.74) is 3.85. The Kier molecular flexibility index (Phi) is 2.96. The first-order valence-electron chi connectivity index (χ1n) is 7.10. The average Bonchev–Trinajstić information content (AvgIpc) is 2.66. The molecule has 0 aromatic heterocycles. The van der Waals surface area contributed by atoms with Crippen molar-refractivity contribution in [2.75, 3.05) is 13.6 Å². The van der Waals surface area contributed by atoms with Gasteiger partial charge in [-0.2, -0.15) is 0 Å². The third-order valence-electron chi connectivity index (χ3n) is 4.87. The molecule has 1 spiro atoms. The van der Waals surface area contributed by atoms with Gasteiger partial charge in [0.2, 0.25) is 0 Å². The zero-order chi connectivity index (χ0) is 11.7. The van der Waals surface area contributed by atoms with Gasteiger partial charge in [0, 0.05) is 6.54 Å². The molecule has 1 atom stereocenters. The first-order chi connectivity index (χ1) is 8.36. The Bertz CT molecular complexity index is 390. The van der Waals surface area contributed by atoms with E-state index in [1.54, 1.807) is 11.1 Å². The van der Waals surface area contributed by atoms with E-state index >= 15 is 0 Å². The fourth-order valence-corrected chi connectivity index (χ4v) is 4.16. The largest absolute Gasteiger partial charge is 0.319 e.